The quantitative estimate of drug-likeness (QED) is 0.939. The van der Waals surface area contributed by atoms with E-state index in [4.69, 9.17) is 0 Å². The summed E-state index contributed by atoms with van der Waals surface area (Å²) in [7, 11) is 0. The third-order valence-corrected chi connectivity index (χ3v) is 4.30. The molecule has 1 saturated heterocycles. The molecule has 116 valence electrons. The number of carbonyl (C=O) groups is 1. The lowest BCUT2D eigenvalue weighted by Gasteiger charge is -2.32. The highest BCUT2D eigenvalue weighted by molar-refractivity contribution is 5.97. The second-order valence-corrected chi connectivity index (χ2v) is 5.80. The van der Waals surface area contributed by atoms with Gasteiger partial charge < -0.3 is 10.2 Å². The molecule has 1 aliphatic heterocycles. The van der Waals surface area contributed by atoms with Crippen molar-refractivity contribution in [3.8, 4) is 0 Å². The fourth-order valence-corrected chi connectivity index (χ4v) is 2.97. The number of likely N-dealkylation sites (tertiary alicyclic amines) is 1. The summed E-state index contributed by atoms with van der Waals surface area (Å²) < 4.78 is 0. The number of nitrogens with one attached hydrogen (secondary N) is 1. The minimum absolute atomic E-state index is 0.106. The Kier molecular flexibility index (Phi) is 4.63. The number of aromatic nitrogens is 2. The number of piperidine rings is 1. The number of fused-ring (bicyclic) bond motifs is 1. The van der Waals surface area contributed by atoms with Crippen LogP contribution in [0.5, 0.6) is 0 Å². The van der Waals surface area contributed by atoms with Gasteiger partial charge in [0.2, 0.25) is 0 Å². The first kappa shape index (κ1) is 14.9. The standard InChI is InChI=1S/C17H22N4O/c1-2-18-12-13-5-9-21(10-6-13)17(22)14-3-4-15-16(11-14)20-8-7-19-15/h3-4,7-8,11,13,18H,2,5-6,9-10,12H2,1H3. The summed E-state index contributed by atoms with van der Waals surface area (Å²) in [5.41, 5.74) is 2.30. The summed E-state index contributed by atoms with van der Waals surface area (Å²) in [6.45, 7) is 5.88. The second-order valence-electron chi connectivity index (χ2n) is 5.80. The van der Waals surface area contributed by atoms with E-state index in [1.165, 1.54) is 0 Å². The first-order valence-electron chi connectivity index (χ1n) is 7.98. The Labute approximate surface area is 130 Å². The van der Waals surface area contributed by atoms with Crippen LogP contribution in [0.2, 0.25) is 0 Å². The molecule has 0 spiro atoms. The summed E-state index contributed by atoms with van der Waals surface area (Å²) in [5.74, 6) is 0.793. The molecular weight excluding hydrogens is 276 g/mol. The Balaban J connectivity index is 1.66. The van der Waals surface area contributed by atoms with E-state index in [0.717, 1.165) is 50.1 Å². The molecular formula is C17H22N4O. The van der Waals surface area contributed by atoms with E-state index in [0.29, 0.717) is 11.5 Å². The van der Waals surface area contributed by atoms with Crippen molar-refractivity contribution in [1.82, 2.24) is 20.2 Å². The topological polar surface area (TPSA) is 58.1 Å². The van der Waals surface area contributed by atoms with Gasteiger partial charge in [-0.1, -0.05) is 6.92 Å². The number of benzene rings is 1. The normalized spacial score (nSPS) is 16.1. The Hall–Kier alpha value is -2.01. The van der Waals surface area contributed by atoms with Crippen molar-refractivity contribution in [2.24, 2.45) is 5.92 Å². The van der Waals surface area contributed by atoms with E-state index in [9.17, 15) is 4.79 Å². The minimum atomic E-state index is 0.106. The van der Waals surface area contributed by atoms with E-state index < -0.39 is 0 Å². The van der Waals surface area contributed by atoms with Gasteiger partial charge in [0.25, 0.3) is 5.91 Å². The predicted molar refractivity (Wildman–Crippen MR) is 86.7 cm³/mol. The van der Waals surface area contributed by atoms with Gasteiger partial charge in [0.1, 0.15) is 0 Å². The molecule has 0 atom stereocenters. The van der Waals surface area contributed by atoms with Crippen molar-refractivity contribution in [2.75, 3.05) is 26.2 Å². The van der Waals surface area contributed by atoms with E-state index in [2.05, 4.69) is 22.2 Å². The number of rotatable bonds is 4. The smallest absolute Gasteiger partial charge is 0.253 e. The summed E-state index contributed by atoms with van der Waals surface area (Å²) >= 11 is 0. The van der Waals surface area contributed by atoms with Crippen LogP contribution in [0.3, 0.4) is 0 Å². The fraction of sp³-hybridized carbons (Fsp3) is 0.471. The van der Waals surface area contributed by atoms with Crippen LogP contribution in [0.1, 0.15) is 30.1 Å². The largest absolute Gasteiger partial charge is 0.339 e. The molecule has 2 heterocycles. The minimum Gasteiger partial charge on any atom is -0.339 e. The molecule has 2 aromatic rings. The van der Waals surface area contributed by atoms with Gasteiger partial charge in [-0.2, -0.15) is 0 Å². The SMILES string of the molecule is CCNCC1CCN(C(=O)c2ccc3nccnc3c2)CC1. The molecule has 0 bridgehead atoms. The van der Waals surface area contributed by atoms with Gasteiger partial charge in [0.15, 0.2) is 0 Å². The zero-order valence-corrected chi connectivity index (χ0v) is 13.0. The van der Waals surface area contributed by atoms with E-state index >= 15 is 0 Å². The first-order valence-corrected chi connectivity index (χ1v) is 7.98. The maximum atomic E-state index is 12.6. The number of nitrogens with zero attached hydrogens (tertiary/aromatic N) is 3. The number of hydrogen-bond donors (Lipinski definition) is 1. The first-order chi connectivity index (χ1) is 10.8. The van der Waals surface area contributed by atoms with Crippen molar-refractivity contribution >= 4 is 16.9 Å². The zero-order chi connectivity index (χ0) is 15.4. The Morgan fingerprint density at radius 2 is 1.95 bits per heavy atom. The van der Waals surface area contributed by atoms with Gasteiger partial charge in [-0.3, -0.25) is 14.8 Å². The molecule has 1 aromatic heterocycles. The highest BCUT2D eigenvalue weighted by atomic mass is 16.2. The zero-order valence-electron chi connectivity index (χ0n) is 13.0. The highest BCUT2D eigenvalue weighted by Gasteiger charge is 2.23. The third-order valence-electron chi connectivity index (χ3n) is 4.30. The van der Waals surface area contributed by atoms with Crippen LogP contribution < -0.4 is 5.32 Å². The number of amides is 1. The lowest BCUT2D eigenvalue weighted by Crippen LogP contribution is -2.40. The average molecular weight is 298 g/mol. The molecule has 5 heteroatoms. The van der Waals surface area contributed by atoms with Gasteiger partial charge in [-0.15, -0.1) is 0 Å². The maximum Gasteiger partial charge on any atom is 0.253 e. The van der Waals surface area contributed by atoms with Crippen LogP contribution in [-0.2, 0) is 0 Å². The molecule has 0 aliphatic carbocycles. The molecule has 1 amide bonds. The van der Waals surface area contributed by atoms with E-state index in [1.807, 2.05) is 23.1 Å². The monoisotopic (exact) mass is 298 g/mol. The Morgan fingerprint density at radius 1 is 1.23 bits per heavy atom. The third kappa shape index (κ3) is 3.25. The molecule has 3 rings (SSSR count). The lowest BCUT2D eigenvalue weighted by molar-refractivity contribution is 0.0690. The van der Waals surface area contributed by atoms with Crippen LogP contribution in [0.4, 0.5) is 0 Å². The van der Waals surface area contributed by atoms with Crippen LogP contribution >= 0.6 is 0 Å². The summed E-state index contributed by atoms with van der Waals surface area (Å²) in [6, 6.07) is 5.56. The summed E-state index contributed by atoms with van der Waals surface area (Å²) in [4.78, 5) is 23.1. The van der Waals surface area contributed by atoms with Crippen LogP contribution in [-0.4, -0.2) is 47.0 Å². The maximum absolute atomic E-state index is 12.6. The summed E-state index contributed by atoms with van der Waals surface area (Å²) in [6.07, 6.45) is 5.47. The van der Waals surface area contributed by atoms with Gasteiger partial charge in [0, 0.05) is 31.0 Å². The number of carbonyl (C=O) groups excluding carboxylic acids is 1. The lowest BCUT2D eigenvalue weighted by atomic mass is 9.96. The van der Waals surface area contributed by atoms with Crippen LogP contribution in [0.25, 0.3) is 11.0 Å². The molecule has 5 nitrogen and oxygen atoms in total. The van der Waals surface area contributed by atoms with E-state index in [-0.39, 0.29) is 5.91 Å². The number of hydrogen-bond acceptors (Lipinski definition) is 4. The van der Waals surface area contributed by atoms with Crippen LogP contribution in [0.15, 0.2) is 30.6 Å². The van der Waals surface area contributed by atoms with Gasteiger partial charge in [-0.25, -0.2) is 0 Å². The second kappa shape index (κ2) is 6.83. The van der Waals surface area contributed by atoms with Gasteiger partial charge in [0.05, 0.1) is 11.0 Å². The highest BCUT2D eigenvalue weighted by Crippen LogP contribution is 2.19. The molecule has 0 saturated carbocycles. The van der Waals surface area contributed by atoms with Crippen molar-refractivity contribution in [1.29, 1.82) is 0 Å². The average Bonchev–Trinajstić information content (AvgIpc) is 2.59. The van der Waals surface area contributed by atoms with Crippen molar-refractivity contribution in [2.45, 2.75) is 19.8 Å². The molecule has 1 aromatic carbocycles. The molecule has 22 heavy (non-hydrogen) atoms. The molecule has 1 N–H and O–H groups in total. The van der Waals surface area contributed by atoms with Gasteiger partial charge >= 0.3 is 0 Å². The molecule has 0 radical (unpaired) electrons. The fourth-order valence-electron chi connectivity index (χ4n) is 2.97. The molecule has 0 unspecified atom stereocenters. The molecule has 1 aliphatic rings. The van der Waals surface area contributed by atoms with Crippen molar-refractivity contribution < 1.29 is 4.79 Å². The predicted octanol–water partition coefficient (Wildman–Crippen LogP) is 2.09. The van der Waals surface area contributed by atoms with Crippen molar-refractivity contribution in [3.05, 3.63) is 36.2 Å². The van der Waals surface area contributed by atoms with E-state index in [1.54, 1.807) is 12.4 Å². The van der Waals surface area contributed by atoms with Crippen LogP contribution in [0, 0.1) is 5.92 Å². The van der Waals surface area contributed by atoms with Crippen molar-refractivity contribution in [3.63, 3.8) is 0 Å². The Bertz CT molecular complexity index is 650. The summed E-state index contributed by atoms with van der Waals surface area (Å²) in [5, 5.41) is 3.40. The van der Waals surface area contributed by atoms with Gasteiger partial charge in [-0.05, 0) is 50.0 Å². The molecule has 1 fully saturated rings. The Morgan fingerprint density at radius 3 is 2.68 bits per heavy atom.